The van der Waals surface area contributed by atoms with Crippen LogP contribution in [0.25, 0.3) is 16.6 Å². The summed E-state index contributed by atoms with van der Waals surface area (Å²) in [5.41, 5.74) is 9.22. The molecule has 1 fully saturated rings. The number of aromatic amines is 1. The summed E-state index contributed by atoms with van der Waals surface area (Å²) in [5, 5.41) is 10.2. The molecule has 2 aromatic heterocycles. The van der Waals surface area contributed by atoms with Gasteiger partial charge in [-0.3, -0.25) is 0 Å². The van der Waals surface area contributed by atoms with Crippen molar-refractivity contribution in [1.29, 1.82) is 0 Å². The highest BCUT2D eigenvalue weighted by molar-refractivity contribution is 7.14. The predicted octanol–water partition coefficient (Wildman–Crippen LogP) is 5.30. The zero-order valence-corrected chi connectivity index (χ0v) is 19.5. The van der Waals surface area contributed by atoms with Gasteiger partial charge in [-0.25, -0.2) is 14.6 Å². The molecule has 0 atom stereocenters. The molecule has 186 valence electrons. The summed E-state index contributed by atoms with van der Waals surface area (Å²) in [7, 11) is 0. The van der Waals surface area contributed by atoms with Gasteiger partial charge >= 0.3 is 0 Å². The number of hydrogen-bond acceptors (Lipinski definition) is 7. The lowest BCUT2D eigenvalue weighted by atomic mass is 10.1. The third kappa shape index (κ3) is 5.54. The van der Waals surface area contributed by atoms with Crippen molar-refractivity contribution in [2.75, 3.05) is 18.0 Å². The fourth-order valence-electron chi connectivity index (χ4n) is 4.32. The number of halogens is 2. The van der Waals surface area contributed by atoms with Crippen molar-refractivity contribution in [1.82, 2.24) is 9.99 Å². The third-order valence-corrected chi connectivity index (χ3v) is 7.25. The van der Waals surface area contributed by atoms with E-state index >= 15 is 0 Å². The molecule has 0 saturated carbocycles. The minimum absolute atomic E-state index is 0. The Hall–Kier alpha value is -3.24. The maximum absolute atomic E-state index is 12.8. The van der Waals surface area contributed by atoms with Gasteiger partial charge in [-0.1, -0.05) is 19.6 Å². The first-order valence-electron chi connectivity index (χ1n) is 11.3. The number of benzene rings is 1. The van der Waals surface area contributed by atoms with Crippen molar-refractivity contribution >= 4 is 45.2 Å². The number of piperidine rings is 1. The number of rotatable bonds is 7. The van der Waals surface area contributed by atoms with E-state index in [1.165, 1.54) is 35.6 Å². The topological polar surface area (TPSA) is 99.0 Å². The van der Waals surface area contributed by atoms with Gasteiger partial charge in [-0.2, -0.15) is 10.2 Å². The Morgan fingerprint density at radius 2 is 1.94 bits per heavy atom. The molecule has 0 amide bonds. The van der Waals surface area contributed by atoms with Crippen molar-refractivity contribution in [3.63, 3.8) is 0 Å². The highest BCUT2D eigenvalue weighted by Crippen LogP contribution is 2.27. The van der Waals surface area contributed by atoms with Crippen LogP contribution in [0.5, 0.6) is 0 Å². The molecule has 0 spiro atoms. The molecule has 0 bridgehead atoms. The lowest BCUT2D eigenvalue weighted by Gasteiger charge is -2.27. The van der Waals surface area contributed by atoms with Gasteiger partial charge in [0, 0.05) is 47.1 Å². The first-order chi connectivity index (χ1) is 16.5. The second-order valence-corrected chi connectivity index (χ2v) is 9.81. The van der Waals surface area contributed by atoms with Crippen LogP contribution in [-0.4, -0.2) is 40.9 Å². The molecule has 0 radical (unpaired) electrons. The number of H-pyrrole nitrogens is 1. The number of fused-ring (bicyclic) bond motifs is 1. The summed E-state index contributed by atoms with van der Waals surface area (Å²) >= 11 is 1.46. The zero-order valence-electron chi connectivity index (χ0n) is 18.7. The Kier molecular flexibility index (Phi) is 7.51. The zero-order chi connectivity index (χ0) is 23.7. The van der Waals surface area contributed by atoms with Crippen molar-refractivity contribution in [3.8, 4) is 0 Å². The molecule has 1 saturated heterocycles. The average Bonchev–Trinajstić information content (AvgIpc) is 3.58. The van der Waals surface area contributed by atoms with Crippen molar-refractivity contribution in [2.24, 2.45) is 21.8 Å². The molecule has 2 aliphatic heterocycles. The van der Waals surface area contributed by atoms with Gasteiger partial charge in [-0.05, 0) is 43.5 Å². The van der Waals surface area contributed by atoms with Crippen LogP contribution in [0.2, 0.25) is 0 Å². The predicted molar refractivity (Wildman–Crippen MR) is 142 cm³/mol. The largest absolute Gasteiger partial charge is 0.397 e. The van der Waals surface area contributed by atoms with Crippen LogP contribution in [0.4, 0.5) is 14.6 Å². The van der Waals surface area contributed by atoms with Crippen molar-refractivity contribution in [2.45, 2.75) is 46.1 Å². The smallest absolute Gasteiger partial charge is 0.278 e. The number of nitrogens with zero attached hydrogens (tertiary/aromatic N) is 4. The maximum Gasteiger partial charge on any atom is 0.278 e. The van der Waals surface area contributed by atoms with Gasteiger partial charge in [0.1, 0.15) is 11.5 Å². The van der Waals surface area contributed by atoms with Gasteiger partial charge in [0.25, 0.3) is 6.43 Å². The minimum atomic E-state index is -2.57. The van der Waals surface area contributed by atoms with Crippen LogP contribution in [0.1, 0.15) is 48.4 Å². The van der Waals surface area contributed by atoms with E-state index in [0.717, 1.165) is 45.1 Å². The molecule has 2 aliphatic rings. The van der Waals surface area contributed by atoms with E-state index in [2.05, 4.69) is 32.2 Å². The van der Waals surface area contributed by atoms with E-state index < -0.39 is 6.43 Å². The van der Waals surface area contributed by atoms with Gasteiger partial charge in [0.15, 0.2) is 0 Å². The van der Waals surface area contributed by atoms with Gasteiger partial charge in [0.2, 0.25) is 0 Å². The standard InChI is InChI=1S/C24H27F2N7S.CH4/c25-24(26)21-12-20(30-31-21)22-7-6-17(34-22)13-33(28)14-18(27)15-4-5-16-11-23(29-19(16)10-15)32-8-2-1-3-9-32;/h4-7,10-11,14,24,29H,1-3,8-9,12-13,27-28H2;1H4/b18-14-;. The first kappa shape index (κ1) is 24.9. The van der Waals surface area contributed by atoms with Crippen LogP contribution in [0.3, 0.4) is 0 Å². The Labute approximate surface area is 207 Å². The van der Waals surface area contributed by atoms with Crippen molar-refractivity contribution in [3.05, 3.63) is 57.9 Å². The van der Waals surface area contributed by atoms with Crippen LogP contribution in [-0.2, 0) is 6.54 Å². The summed E-state index contributed by atoms with van der Waals surface area (Å²) in [6.07, 6.45) is 2.97. The highest BCUT2D eigenvalue weighted by atomic mass is 32.1. The van der Waals surface area contributed by atoms with Gasteiger partial charge < -0.3 is 20.6 Å². The molecule has 35 heavy (non-hydrogen) atoms. The first-order valence-corrected chi connectivity index (χ1v) is 12.1. The quantitative estimate of drug-likeness (QED) is 0.303. The molecular formula is C25H31F2N7S. The van der Waals surface area contributed by atoms with Crippen LogP contribution >= 0.6 is 11.3 Å². The summed E-state index contributed by atoms with van der Waals surface area (Å²) in [6, 6.07) is 12.1. The maximum atomic E-state index is 12.8. The Morgan fingerprint density at radius 1 is 1.14 bits per heavy atom. The molecular weight excluding hydrogens is 468 g/mol. The van der Waals surface area contributed by atoms with E-state index in [-0.39, 0.29) is 19.6 Å². The average molecular weight is 500 g/mol. The number of hydrazine groups is 1. The molecule has 0 unspecified atom stereocenters. The Morgan fingerprint density at radius 3 is 2.69 bits per heavy atom. The Balaban J connectivity index is 0.00000289. The molecule has 4 heterocycles. The lowest BCUT2D eigenvalue weighted by Crippen LogP contribution is -2.29. The van der Waals surface area contributed by atoms with Gasteiger partial charge in [0.05, 0.1) is 22.8 Å². The van der Waals surface area contributed by atoms with Crippen LogP contribution in [0.15, 0.2) is 52.8 Å². The summed E-state index contributed by atoms with van der Waals surface area (Å²) in [6.45, 7) is 2.61. The molecule has 10 heteroatoms. The fourth-order valence-corrected chi connectivity index (χ4v) is 5.32. The van der Waals surface area contributed by atoms with E-state index in [9.17, 15) is 8.78 Å². The summed E-state index contributed by atoms with van der Waals surface area (Å²) in [5.74, 6) is 7.35. The second-order valence-electron chi connectivity index (χ2n) is 8.64. The van der Waals surface area contributed by atoms with Gasteiger partial charge in [-0.15, -0.1) is 11.3 Å². The van der Waals surface area contributed by atoms with Crippen molar-refractivity contribution < 1.29 is 8.78 Å². The van der Waals surface area contributed by atoms with Crippen LogP contribution in [0, 0.1) is 0 Å². The lowest BCUT2D eigenvalue weighted by molar-refractivity contribution is 0.224. The molecule has 1 aromatic carbocycles. The summed E-state index contributed by atoms with van der Waals surface area (Å²) < 4.78 is 25.6. The van der Waals surface area contributed by atoms with E-state index in [1.54, 1.807) is 6.20 Å². The number of thiophene rings is 1. The Bertz CT molecular complexity index is 1270. The second kappa shape index (κ2) is 10.6. The number of nitrogens with one attached hydrogen (secondary N) is 1. The van der Waals surface area contributed by atoms with E-state index in [1.807, 2.05) is 24.3 Å². The molecule has 5 rings (SSSR count). The normalized spacial score (nSPS) is 16.5. The number of alkyl halides is 2. The monoisotopic (exact) mass is 499 g/mol. The van der Waals surface area contributed by atoms with E-state index in [4.69, 9.17) is 11.6 Å². The number of hydrogen-bond donors (Lipinski definition) is 3. The fraction of sp³-hybridized carbons (Fsp3) is 0.360. The SMILES string of the molecule is C.N/C(=C\N(N)Cc1ccc(C2=NN=C(C(F)F)C2)s1)c1ccc2cc(N3CCCCC3)[nH]c2c1. The third-order valence-electron chi connectivity index (χ3n) is 6.13. The molecule has 0 aliphatic carbocycles. The van der Waals surface area contributed by atoms with Crippen LogP contribution < -0.4 is 16.5 Å². The molecule has 5 N–H and O–H groups in total. The summed E-state index contributed by atoms with van der Waals surface area (Å²) in [4.78, 5) is 7.72. The number of aromatic nitrogens is 1. The number of nitrogens with two attached hydrogens (primary N) is 2. The molecule has 7 nitrogen and oxygen atoms in total. The minimum Gasteiger partial charge on any atom is -0.397 e. The molecule has 3 aromatic rings. The van der Waals surface area contributed by atoms with E-state index in [0.29, 0.717) is 18.0 Å². The highest BCUT2D eigenvalue weighted by Gasteiger charge is 2.22. The number of anilines is 1.